The summed E-state index contributed by atoms with van der Waals surface area (Å²) >= 11 is 0. The van der Waals surface area contributed by atoms with Gasteiger partial charge in [-0.3, -0.25) is 14.0 Å². The predicted octanol–water partition coefficient (Wildman–Crippen LogP) is 4.02. The molecule has 6 heteroatoms. The zero-order valence-electron chi connectivity index (χ0n) is 17.8. The average molecular weight is 415 g/mol. The zero-order valence-corrected chi connectivity index (χ0v) is 17.8. The van der Waals surface area contributed by atoms with E-state index in [4.69, 9.17) is 4.98 Å². The summed E-state index contributed by atoms with van der Waals surface area (Å²) in [6.07, 6.45) is 6.10. The van der Waals surface area contributed by atoms with Gasteiger partial charge in [0.25, 0.3) is 11.5 Å². The maximum Gasteiger partial charge on any atom is 0.270 e. The standard InChI is InChI=1S/C25H26N4O2/c1-18-10-9-15-28-22(18)26-23-20(24(28)30)16-21(25(31)27-13-7-2-3-8-14-27)29(23)17-19-11-5-4-6-12-19/h4-6,9-12,15-16H,2-3,7-8,13-14,17H2,1H3. The van der Waals surface area contributed by atoms with E-state index in [0.717, 1.165) is 49.9 Å². The van der Waals surface area contributed by atoms with Crippen LogP contribution in [0.15, 0.2) is 59.5 Å². The van der Waals surface area contributed by atoms with Crippen LogP contribution in [0.2, 0.25) is 0 Å². The van der Waals surface area contributed by atoms with E-state index in [1.807, 2.05) is 58.9 Å². The van der Waals surface area contributed by atoms with E-state index in [1.165, 1.54) is 0 Å². The van der Waals surface area contributed by atoms with E-state index in [1.54, 1.807) is 16.7 Å². The minimum atomic E-state index is -0.138. The van der Waals surface area contributed by atoms with Crippen molar-refractivity contribution >= 4 is 22.6 Å². The Kier molecular flexibility index (Phi) is 5.06. The summed E-state index contributed by atoms with van der Waals surface area (Å²) in [6.45, 7) is 3.97. The molecule has 4 heterocycles. The number of aromatic nitrogens is 3. The van der Waals surface area contributed by atoms with Crippen LogP contribution >= 0.6 is 0 Å². The number of likely N-dealkylation sites (tertiary alicyclic amines) is 1. The molecule has 0 aliphatic carbocycles. The first kappa shape index (κ1) is 19.5. The first-order chi connectivity index (χ1) is 15.1. The zero-order chi connectivity index (χ0) is 21.4. The molecule has 1 amide bonds. The largest absolute Gasteiger partial charge is 0.337 e. The van der Waals surface area contributed by atoms with Gasteiger partial charge in [0.2, 0.25) is 0 Å². The van der Waals surface area contributed by atoms with Crippen LogP contribution < -0.4 is 5.56 Å². The van der Waals surface area contributed by atoms with Gasteiger partial charge in [0, 0.05) is 25.8 Å². The van der Waals surface area contributed by atoms with Crippen LogP contribution in [-0.2, 0) is 6.54 Å². The average Bonchev–Trinajstić information content (AvgIpc) is 2.96. The number of carbonyl (C=O) groups excluding carboxylic acids is 1. The first-order valence-electron chi connectivity index (χ1n) is 11.0. The van der Waals surface area contributed by atoms with Crippen LogP contribution in [0.3, 0.4) is 0 Å². The summed E-state index contributed by atoms with van der Waals surface area (Å²) < 4.78 is 3.50. The molecule has 0 N–H and O–H groups in total. The third-order valence-corrected chi connectivity index (χ3v) is 6.19. The Hall–Kier alpha value is -3.41. The van der Waals surface area contributed by atoms with Gasteiger partial charge < -0.3 is 9.47 Å². The maximum absolute atomic E-state index is 13.6. The SMILES string of the molecule is Cc1cccn2c(=O)c3cc(C(=O)N4CCCCCC4)n(Cc4ccccc4)c3nc12. The van der Waals surface area contributed by atoms with Gasteiger partial charge in [-0.25, -0.2) is 4.98 Å². The summed E-state index contributed by atoms with van der Waals surface area (Å²) in [6, 6.07) is 15.6. The molecule has 1 aromatic carbocycles. The van der Waals surface area contributed by atoms with Gasteiger partial charge >= 0.3 is 0 Å². The van der Waals surface area contributed by atoms with Crippen molar-refractivity contribution in [1.82, 2.24) is 18.9 Å². The first-order valence-corrected chi connectivity index (χ1v) is 11.0. The Bertz CT molecular complexity index is 1310. The second kappa shape index (κ2) is 8.02. The highest BCUT2D eigenvalue weighted by atomic mass is 16.2. The Morgan fingerprint density at radius 1 is 0.968 bits per heavy atom. The van der Waals surface area contributed by atoms with Crippen molar-refractivity contribution in [2.75, 3.05) is 13.1 Å². The number of fused-ring (bicyclic) bond motifs is 2. The lowest BCUT2D eigenvalue weighted by atomic mass is 10.2. The quantitative estimate of drug-likeness (QED) is 0.509. The lowest BCUT2D eigenvalue weighted by molar-refractivity contribution is 0.0751. The van der Waals surface area contributed by atoms with E-state index >= 15 is 0 Å². The number of hydrogen-bond acceptors (Lipinski definition) is 3. The van der Waals surface area contributed by atoms with Gasteiger partial charge in [-0.2, -0.15) is 0 Å². The van der Waals surface area contributed by atoms with Crippen LogP contribution in [0.25, 0.3) is 16.7 Å². The fraction of sp³-hybridized carbons (Fsp3) is 0.320. The van der Waals surface area contributed by atoms with Crippen LogP contribution in [0.1, 0.15) is 47.3 Å². The van der Waals surface area contributed by atoms with E-state index in [2.05, 4.69) is 0 Å². The van der Waals surface area contributed by atoms with Crippen molar-refractivity contribution in [2.24, 2.45) is 0 Å². The van der Waals surface area contributed by atoms with Crippen LogP contribution in [-0.4, -0.2) is 37.8 Å². The fourth-order valence-electron chi connectivity index (χ4n) is 4.50. The molecule has 1 aliphatic rings. The van der Waals surface area contributed by atoms with E-state index in [-0.39, 0.29) is 11.5 Å². The molecule has 4 aromatic rings. The van der Waals surface area contributed by atoms with E-state index in [0.29, 0.717) is 28.9 Å². The highest BCUT2D eigenvalue weighted by molar-refractivity contribution is 5.98. The van der Waals surface area contributed by atoms with Gasteiger partial charge in [0.15, 0.2) is 0 Å². The molecule has 1 saturated heterocycles. The Balaban J connectivity index is 1.73. The van der Waals surface area contributed by atoms with Gasteiger partial charge in [-0.15, -0.1) is 0 Å². The molecule has 0 radical (unpaired) electrons. The minimum absolute atomic E-state index is 0.0130. The van der Waals surface area contributed by atoms with Crippen molar-refractivity contribution in [2.45, 2.75) is 39.2 Å². The Labute approximate surface area is 180 Å². The Morgan fingerprint density at radius 3 is 2.45 bits per heavy atom. The van der Waals surface area contributed by atoms with Crippen molar-refractivity contribution in [1.29, 1.82) is 0 Å². The number of pyridine rings is 1. The molecule has 0 saturated carbocycles. The summed E-state index contributed by atoms with van der Waals surface area (Å²) in [5.41, 5.74) is 3.59. The molecule has 1 fully saturated rings. The second-order valence-electron chi connectivity index (χ2n) is 8.35. The van der Waals surface area contributed by atoms with Crippen molar-refractivity contribution in [3.63, 3.8) is 0 Å². The molecule has 6 nitrogen and oxygen atoms in total. The molecule has 3 aromatic heterocycles. The van der Waals surface area contributed by atoms with Gasteiger partial charge in [-0.05, 0) is 43.0 Å². The molecule has 31 heavy (non-hydrogen) atoms. The van der Waals surface area contributed by atoms with Crippen LogP contribution in [0.4, 0.5) is 0 Å². The monoisotopic (exact) mass is 414 g/mol. The third-order valence-electron chi connectivity index (χ3n) is 6.19. The van der Waals surface area contributed by atoms with Crippen molar-refractivity contribution < 1.29 is 4.79 Å². The third kappa shape index (κ3) is 3.52. The molecule has 0 atom stereocenters. The van der Waals surface area contributed by atoms with Gasteiger partial charge in [0.1, 0.15) is 17.0 Å². The number of amides is 1. The van der Waals surface area contributed by atoms with Crippen molar-refractivity contribution in [3.8, 4) is 0 Å². The molecule has 1 aliphatic heterocycles. The number of rotatable bonds is 3. The molecule has 0 spiro atoms. The normalized spacial score (nSPS) is 14.8. The molecule has 5 rings (SSSR count). The predicted molar refractivity (Wildman–Crippen MR) is 122 cm³/mol. The molecular formula is C25H26N4O2. The fourth-order valence-corrected chi connectivity index (χ4v) is 4.50. The molecule has 0 unspecified atom stereocenters. The van der Waals surface area contributed by atoms with E-state index < -0.39 is 0 Å². The van der Waals surface area contributed by atoms with Crippen molar-refractivity contribution in [3.05, 3.63) is 81.9 Å². The second-order valence-corrected chi connectivity index (χ2v) is 8.35. The lowest BCUT2D eigenvalue weighted by Crippen LogP contribution is -2.33. The van der Waals surface area contributed by atoms with Gasteiger partial charge in [-0.1, -0.05) is 49.2 Å². The summed E-state index contributed by atoms with van der Waals surface area (Å²) in [7, 11) is 0. The summed E-state index contributed by atoms with van der Waals surface area (Å²) in [5.74, 6) is -0.0130. The number of hydrogen-bond donors (Lipinski definition) is 0. The number of carbonyl (C=O) groups is 1. The number of nitrogens with zero attached hydrogens (tertiary/aromatic N) is 4. The van der Waals surface area contributed by atoms with Gasteiger partial charge in [0.05, 0.1) is 5.39 Å². The molecule has 158 valence electrons. The Morgan fingerprint density at radius 2 is 1.71 bits per heavy atom. The topological polar surface area (TPSA) is 59.6 Å². The molecule has 0 bridgehead atoms. The highest BCUT2D eigenvalue weighted by Crippen LogP contribution is 2.22. The minimum Gasteiger partial charge on any atom is -0.337 e. The molecular weight excluding hydrogens is 388 g/mol. The number of aryl methyl sites for hydroxylation is 1. The highest BCUT2D eigenvalue weighted by Gasteiger charge is 2.24. The lowest BCUT2D eigenvalue weighted by Gasteiger charge is -2.21. The van der Waals surface area contributed by atoms with Crippen LogP contribution in [0.5, 0.6) is 0 Å². The summed E-state index contributed by atoms with van der Waals surface area (Å²) in [5, 5.41) is 0.484. The smallest absolute Gasteiger partial charge is 0.270 e. The maximum atomic E-state index is 13.6. The van der Waals surface area contributed by atoms with Crippen LogP contribution in [0, 0.1) is 6.92 Å². The summed E-state index contributed by atoms with van der Waals surface area (Å²) in [4.78, 5) is 33.7. The van der Waals surface area contributed by atoms with E-state index in [9.17, 15) is 9.59 Å². The number of benzene rings is 1.